The largest absolute Gasteiger partial charge is 0.0830 e. The van der Waals surface area contributed by atoms with E-state index in [1.165, 1.54) is 54.2 Å². The molecule has 33 heavy (non-hydrogen) atoms. The molecule has 162 valence electrons. The van der Waals surface area contributed by atoms with E-state index in [1.54, 1.807) is 11.1 Å². The first kappa shape index (κ1) is 18.8. The van der Waals surface area contributed by atoms with Gasteiger partial charge in [-0.3, -0.25) is 0 Å². The normalized spacial score (nSPS) is 30.7. The van der Waals surface area contributed by atoms with Crippen LogP contribution in [0.3, 0.4) is 0 Å². The van der Waals surface area contributed by atoms with Gasteiger partial charge in [0, 0.05) is 16.4 Å². The van der Waals surface area contributed by atoms with Gasteiger partial charge in [0.2, 0.25) is 0 Å². The fraction of sp³-hybridized carbons (Fsp3) is 0.312. The fourth-order valence-corrected chi connectivity index (χ4v) is 9.13. The topological polar surface area (TPSA) is 0 Å². The Morgan fingerprint density at radius 2 is 1.30 bits per heavy atom. The average Bonchev–Trinajstić information content (AvgIpc) is 3.13. The number of benzene rings is 4. The van der Waals surface area contributed by atoms with Gasteiger partial charge < -0.3 is 0 Å². The van der Waals surface area contributed by atoms with Crippen LogP contribution >= 0.6 is 11.6 Å². The summed E-state index contributed by atoms with van der Waals surface area (Å²) >= 11 is 6.97. The zero-order valence-electron chi connectivity index (χ0n) is 18.7. The van der Waals surface area contributed by atoms with Crippen LogP contribution in [0, 0.1) is 23.7 Å². The lowest BCUT2D eigenvalue weighted by atomic mass is 9.43. The predicted molar refractivity (Wildman–Crippen MR) is 138 cm³/mol. The van der Waals surface area contributed by atoms with Crippen LogP contribution in [0.5, 0.6) is 0 Å². The van der Waals surface area contributed by atoms with Crippen LogP contribution in [0.4, 0.5) is 0 Å². The third kappa shape index (κ3) is 2.33. The van der Waals surface area contributed by atoms with Gasteiger partial charge >= 0.3 is 0 Å². The summed E-state index contributed by atoms with van der Waals surface area (Å²) in [4.78, 5) is 0. The van der Waals surface area contributed by atoms with E-state index >= 15 is 0 Å². The molecule has 4 aromatic rings. The molecule has 0 radical (unpaired) electrons. The Morgan fingerprint density at radius 3 is 2.12 bits per heavy atom. The van der Waals surface area contributed by atoms with Gasteiger partial charge in [-0.1, -0.05) is 84.4 Å². The Labute approximate surface area is 200 Å². The van der Waals surface area contributed by atoms with Crippen LogP contribution in [0.15, 0.2) is 78.9 Å². The van der Waals surface area contributed by atoms with Crippen molar-refractivity contribution in [1.29, 1.82) is 0 Å². The van der Waals surface area contributed by atoms with Crippen molar-refractivity contribution in [2.75, 3.05) is 0 Å². The van der Waals surface area contributed by atoms with Crippen molar-refractivity contribution in [3.63, 3.8) is 0 Å². The second-order valence-corrected chi connectivity index (χ2v) is 11.5. The lowest BCUT2D eigenvalue weighted by molar-refractivity contribution is -0.0399. The number of fused-ring (bicyclic) bond motifs is 4. The maximum Gasteiger partial charge on any atom is 0.0562 e. The van der Waals surface area contributed by atoms with Gasteiger partial charge in [-0.2, -0.15) is 0 Å². The molecule has 0 heterocycles. The molecule has 0 nitrogen and oxygen atoms in total. The molecule has 4 fully saturated rings. The van der Waals surface area contributed by atoms with E-state index in [0.29, 0.717) is 0 Å². The van der Waals surface area contributed by atoms with Gasteiger partial charge in [0.1, 0.15) is 0 Å². The Bertz CT molecular complexity index is 1420. The quantitative estimate of drug-likeness (QED) is 0.274. The molecule has 5 aliphatic carbocycles. The highest BCUT2D eigenvalue weighted by molar-refractivity contribution is 6.38. The molecule has 0 aliphatic heterocycles. The molecule has 1 spiro atoms. The van der Waals surface area contributed by atoms with E-state index in [9.17, 15) is 0 Å². The van der Waals surface area contributed by atoms with Crippen molar-refractivity contribution in [1.82, 2.24) is 0 Å². The predicted octanol–water partition coefficient (Wildman–Crippen LogP) is 8.88. The minimum absolute atomic E-state index is 0.241. The molecule has 0 N–H and O–H groups in total. The first-order valence-electron chi connectivity index (χ1n) is 12.7. The molecular formula is C32H27Cl. The Hall–Kier alpha value is -2.57. The maximum absolute atomic E-state index is 6.97. The van der Waals surface area contributed by atoms with Gasteiger partial charge in [0.25, 0.3) is 0 Å². The summed E-state index contributed by atoms with van der Waals surface area (Å²) < 4.78 is 0. The summed E-state index contributed by atoms with van der Waals surface area (Å²) in [6.07, 6.45) is 7.22. The molecular weight excluding hydrogens is 420 g/mol. The second-order valence-electron chi connectivity index (χ2n) is 11.1. The van der Waals surface area contributed by atoms with Crippen LogP contribution in [0.2, 0.25) is 5.02 Å². The van der Waals surface area contributed by atoms with Gasteiger partial charge in [-0.15, -0.1) is 0 Å². The van der Waals surface area contributed by atoms with Crippen molar-refractivity contribution in [3.05, 3.63) is 95.0 Å². The maximum atomic E-state index is 6.97. The summed E-state index contributed by atoms with van der Waals surface area (Å²) in [6.45, 7) is 0. The first-order chi connectivity index (χ1) is 16.2. The first-order valence-corrected chi connectivity index (χ1v) is 13.0. The minimum atomic E-state index is 0.241. The summed E-state index contributed by atoms with van der Waals surface area (Å²) in [5.41, 5.74) is 8.78. The molecule has 4 aromatic carbocycles. The van der Waals surface area contributed by atoms with E-state index in [0.717, 1.165) is 39.6 Å². The van der Waals surface area contributed by atoms with Crippen molar-refractivity contribution in [3.8, 4) is 22.3 Å². The van der Waals surface area contributed by atoms with E-state index < -0.39 is 0 Å². The lowest BCUT2D eigenvalue weighted by Crippen LogP contribution is -2.55. The van der Waals surface area contributed by atoms with Crippen molar-refractivity contribution in [2.24, 2.45) is 23.7 Å². The van der Waals surface area contributed by atoms with Crippen molar-refractivity contribution < 1.29 is 0 Å². The van der Waals surface area contributed by atoms with Crippen LogP contribution < -0.4 is 0 Å². The van der Waals surface area contributed by atoms with Crippen molar-refractivity contribution in [2.45, 2.75) is 37.5 Å². The SMILES string of the molecule is Clc1c(-c2ccc3c(c2)-c2ccccc2C32C3CC4CC(C3)CC2C4)ccc2ccccc12. The average molecular weight is 447 g/mol. The highest BCUT2D eigenvalue weighted by Gasteiger charge is 2.61. The Balaban J connectivity index is 1.35. The molecule has 9 rings (SSSR count). The van der Waals surface area contributed by atoms with E-state index in [4.69, 9.17) is 11.6 Å². The summed E-state index contributed by atoms with van der Waals surface area (Å²) in [5, 5.41) is 3.20. The number of rotatable bonds is 1. The van der Waals surface area contributed by atoms with Crippen LogP contribution in [0.25, 0.3) is 33.0 Å². The van der Waals surface area contributed by atoms with Crippen LogP contribution in [0.1, 0.15) is 43.2 Å². The number of hydrogen-bond acceptors (Lipinski definition) is 0. The summed E-state index contributed by atoms with van der Waals surface area (Å²) in [6, 6.07) is 29.5. The van der Waals surface area contributed by atoms with Crippen molar-refractivity contribution >= 4 is 22.4 Å². The molecule has 0 aromatic heterocycles. The summed E-state index contributed by atoms with van der Waals surface area (Å²) in [7, 11) is 0. The standard InChI is InChI=1S/C32H27Cl/c33-31-25-6-2-1-5-21(25)9-11-26(31)22-10-12-30-28(18-22)27-7-3-4-8-29(27)32(30)23-14-19-13-20(16-23)17-24(32)15-19/h1-12,18-20,23-24H,13-17H2. The van der Waals surface area contributed by atoms with Gasteiger partial charge in [-0.05, 0) is 95.0 Å². The molecule has 0 unspecified atom stereocenters. The van der Waals surface area contributed by atoms with Gasteiger partial charge in [0.15, 0.2) is 0 Å². The zero-order valence-corrected chi connectivity index (χ0v) is 19.5. The van der Waals surface area contributed by atoms with Crippen LogP contribution in [-0.2, 0) is 5.41 Å². The number of hydrogen-bond donors (Lipinski definition) is 0. The molecule has 0 amide bonds. The minimum Gasteiger partial charge on any atom is -0.0830 e. The van der Waals surface area contributed by atoms with E-state index in [-0.39, 0.29) is 5.41 Å². The fourth-order valence-electron chi connectivity index (χ4n) is 8.78. The van der Waals surface area contributed by atoms with Crippen LogP contribution in [-0.4, -0.2) is 0 Å². The monoisotopic (exact) mass is 446 g/mol. The Kier molecular flexibility index (Phi) is 3.71. The molecule has 0 atom stereocenters. The molecule has 4 saturated carbocycles. The lowest BCUT2D eigenvalue weighted by Gasteiger charge is -2.61. The third-order valence-corrected chi connectivity index (χ3v) is 10.1. The molecule has 1 heteroatoms. The third-order valence-electron chi connectivity index (χ3n) is 9.73. The second kappa shape index (κ2) is 6.51. The Morgan fingerprint density at radius 1 is 0.606 bits per heavy atom. The van der Waals surface area contributed by atoms with Gasteiger partial charge in [0.05, 0.1) is 5.02 Å². The highest BCUT2D eigenvalue weighted by atomic mass is 35.5. The van der Waals surface area contributed by atoms with E-state index in [2.05, 4.69) is 78.9 Å². The highest BCUT2D eigenvalue weighted by Crippen LogP contribution is 2.69. The molecule has 4 bridgehead atoms. The van der Waals surface area contributed by atoms with E-state index in [1.807, 2.05) is 0 Å². The number of halogens is 1. The van der Waals surface area contributed by atoms with Gasteiger partial charge in [-0.25, -0.2) is 0 Å². The molecule has 5 aliphatic rings. The zero-order chi connectivity index (χ0) is 21.7. The smallest absolute Gasteiger partial charge is 0.0562 e. The molecule has 0 saturated heterocycles. The summed E-state index contributed by atoms with van der Waals surface area (Å²) in [5.74, 6) is 3.58.